The van der Waals surface area contributed by atoms with Crippen LogP contribution in [-0.2, 0) is 0 Å². The molecule has 1 aromatic heterocycles. The highest BCUT2D eigenvalue weighted by Gasteiger charge is 2.10. The summed E-state index contributed by atoms with van der Waals surface area (Å²) in [6, 6.07) is 14.6. The van der Waals surface area contributed by atoms with Gasteiger partial charge in [0, 0.05) is 16.1 Å². The van der Waals surface area contributed by atoms with Crippen molar-refractivity contribution in [1.82, 2.24) is 15.6 Å². The smallest absolute Gasteiger partial charge is 0.272 e. The molecule has 3 aromatic rings. The molecule has 0 aliphatic carbocycles. The van der Waals surface area contributed by atoms with Crippen molar-refractivity contribution in [1.29, 1.82) is 0 Å². The molecule has 0 fully saturated rings. The van der Waals surface area contributed by atoms with Crippen LogP contribution in [-0.4, -0.2) is 22.3 Å². The molecule has 0 atom stereocenters. The molecule has 0 radical (unpaired) electrons. The number of H-pyrrole nitrogens is 1. The fourth-order valence-corrected chi connectivity index (χ4v) is 2.59. The second-order valence-electron chi connectivity index (χ2n) is 5.40. The number of rotatable bonds is 4. The number of nitrogens with one attached hydrogen (secondary N) is 2. The molecule has 126 valence electrons. The topological polar surface area (TPSA) is 70.1 Å². The third-order valence-corrected chi connectivity index (χ3v) is 4.06. The Hall–Kier alpha value is -2.63. The van der Waals surface area contributed by atoms with Crippen LogP contribution in [0.1, 0.15) is 21.6 Å². The van der Waals surface area contributed by atoms with E-state index < -0.39 is 5.91 Å². The third-order valence-electron chi connectivity index (χ3n) is 3.50. The van der Waals surface area contributed by atoms with Crippen LogP contribution in [0.3, 0.4) is 0 Å². The van der Waals surface area contributed by atoms with Crippen molar-refractivity contribution in [3.8, 4) is 11.3 Å². The SMILES string of the molecule is Cc1ccc(-c2cc(C(=O)N/N=C\c3ccc(Cl)cc3Cl)[nH]n2)cc1. The lowest BCUT2D eigenvalue weighted by molar-refractivity contribution is 0.0950. The van der Waals surface area contributed by atoms with Gasteiger partial charge in [-0.05, 0) is 25.1 Å². The lowest BCUT2D eigenvalue weighted by Gasteiger charge is -1.99. The average molecular weight is 373 g/mol. The highest BCUT2D eigenvalue weighted by atomic mass is 35.5. The van der Waals surface area contributed by atoms with Gasteiger partial charge >= 0.3 is 0 Å². The Labute approximate surface area is 154 Å². The largest absolute Gasteiger partial charge is 0.289 e. The predicted molar refractivity (Wildman–Crippen MR) is 100 cm³/mol. The first-order chi connectivity index (χ1) is 12.0. The Morgan fingerprint density at radius 1 is 1.16 bits per heavy atom. The maximum Gasteiger partial charge on any atom is 0.289 e. The summed E-state index contributed by atoms with van der Waals surface area (Å²) in [5, 5.41) is 11.7. The Balaban J connectivity index is 1.67. The van der Waals surface area contributed by atoms with Gasteiger partial charge in [-0.15, -0.1) is 0 Å². The van der Waals surface area contributed by atoms with Crippen LogP contribution < -0.4 is 5.43 Å². The summed E-state index contributed by atoms with van der Waals surface area (Å²) >= 11 is 11.9. The van der Waals surface area contributed by atoms with E-state index in [2.05, 4.69) is 20.7 Å². The monoisotopic (exact) mass is 372 g/mol. The number of hydrazone groups is 1. The summed E-state index contributed by atoms with van der Waals surface area (Å²) in [5.41, 5.74) is 6.17. The van der Waals surface area contributed by atoms with Crippen LogP contribution in [0.2, 0.25) is 10.0 Å². The second-order valence-corrected chi connectivity index (χ2v) is 6.24. The van der Waals surface area contributed by atoms with Gasteiger partial charge in [0.1, 0.15) is 5.69 Å². The molecule has 7 heteroatoms. The minimum atomic E-state index is -0.396. The van der Waals surface area contributed by atoms with E-state index in [-0.39, 0.29) is 0 Å². The molecule has 1 amide bonds. The number of carbonyl (C=O) groups is 1. The van der Waals surface area contributed by atoms with Gasteiger partial charge in [-0.3, -0.25) is 9.89 Å². The number of aromatic nitrogens is 2. The Bertz CT molecular complexity index is 933. The van der Waals surface area contributed by atoms with Crippen LogP contribution in [0.4, 0.5) is 0 Å². The number of benzene rings is 2. The van der Waals surface area contributed by atoms with E-state index >= 15 is 0 Å². The standard InChI is InChI=1S/C18H14Cl2N4O/c1-11-2-4-12(5-3-11)16-9-17(23-22-16)18(25)24-21-10-13-6-7-14(19)8-15(13)20/h2-10H,1H3,(H,22,23)(H,24,25)/b21-10-. The second kappa shape index (κ2) is 7.51. The zero-order valence-electron chi connectivity index (χ0n) is 13.3. The van der Waals surface area contributed by atoms with E-state index in [1.165, 1.54) is 6.21 Å². The Kier molecular flexibility index (Phi) is 5.16. The summed E-state index contributed by atoms with van der Waals surface area (Å²) in [7, 11) is 0. The summed E-state index contributed by atoms with van der Waals surface area (Å²) in [5.74, 6) is -0.396. The summed E-state index contributed by atoms with van der Waals surface area (Å²) in [4.78, 5) is 12.1. The van der Waals surface area contributed by atoms with Crippen molar-refractivity contribution in [3.05, 3.63) is 75.4 Å². The lowest BCUT2D eigenvalue weighted by Crippen LogP contribution is -2.18. The van der Waals surface area contributed by atoms with E-state index in [9.17, 15) is 4.79 Å². The van der Waals surface area contributed by atoms with Crippen LogP contribution in [0.5, 0.6) is 0 Å². The molecule has 25 heavy (non-hydrogen) atoms. The summed E-state index contributed by atoms with van der Waals surface area (Å²) in [6.45, 7) is 2.01. The highest BCUT2D eigenvalue weighted by molar-refractivity contribution is 6.36. The van der Waals surface area contributed by atoms with Gasteiger partial charge in [-0.2, -0.15) is 10.2 Å². The zero-order chi connectivity index (χ0) is 17.8. The number of halogens is 2. The third kappa shape index (κ3) is 4.26. The quantitative estimate of drug-likeness (QED) is 0.524. The molecule has 1 heterocycles. The average Bonchev–Trinajstić information content (AvgIpc) is 3.07. The van der Waals surface area contributed by atoms with E-state index in [1.54, 1.807) is 24.3 Å². The van der Waals surface area contributed by atoms with Gasteiger partial charge in [0.05, 0.1) is 16.9 Å². The number of hydrogen-bond donors (Lipinski definition) is 2. The van der Waals surface area contributed by atoms with Crippen molar-refractivity contribution >= 4 is 35.3 Å². The Morgan fingerprint density at radius 3 is 2.64 bits per heavy atom. The van der Waals surface area contributed by atoms with Crippen LogP contribution in [0, 0.1) is 6.92 Å². The van der Waals surface area contributed by atoms with E-state index in [0.29, 0.717) is 27.0 Å². The van der Waals surface area contributed by atoms with Gasteiger partial charge < -0.3 is 0 Å². The van der Waals surface area contributed by atoms with Gasteiger partial charge in [-0.25, -0.2) is 5.43 Å². The minimum Gasteiger partial charge on any atom is -0.272 e. The highest BCUT2D eigenvalue weighted by Crippen LogP contribution is 2.20. The van der Waals surface area contributed by atoms with Crippen LogP contribution in [0.15, 0.2) is 53.6 Å². The number of aryl methyl sites for hydroxylation is 1. The van der Waals surface area contributed by atoms with E-state index in [1.807, 2.05) is 31.2 Å². The van der Waals surface area contributed by atoms with Gasteiger partial charge in [0.15, 0.2) is 0 Å². The van der Waals surface area contributed by atoms with Crippen molar-refractivity contribution in [2.45, 2.75) is 6.92 Å². The van der Waals surface area contributed by atoms with E-state index in [0.717, 1.165) is 11.1 Å². The normalized spacial score (nSPS) is 11.0. The summed E-state index contributed by atoms with van der Waals surface area (Å²) in [6.07, 6.45) is 1.45. The lowest BCUT2D eigenvalue weighted by atomic mass is 10.1. The van der Waals surface area contributed by atoms with Gasteiger partial charge in [0.25, 0.3) is 5.91 Å². The molecule has 0 unspecified atom stereocenters. The number of hydrogen-bond acceptors (Lipinski definition) is 3. The summed E-state index contributed by atoms with van der Waals surface area (Å²) < 4.78 is 0. The fourth-order valence-electron chi connectivity index (χ4n) is 2.14. The minimum absolute atomic E-state index is 0.315. The molecular weight excluding hydrogens is 359 g/mol. The van der Waals surface area contributed by atoms with Gasteiger partial charge in [0.2, 0.25) is 0 Å². The molecule has 0 aliphatic heterocycles. The molecule has 5 nitrogen and oxygen atoms in total. The molecule has 2 aromatic carbocycles. The van der Waals surface area contributed by atoms with E-state index in [4.69, 9.17) is 23.2 Å². The number of carbonyl (C=O) groups excluding carboxylic acids is 1. The van der Waals surface area contributed by atoms with Crippen molar-refractivity contribution < 1.29 is 4.79 Å². The fraction of sp³-hybridized carbons (Fsp3) is 0.0556. The first-order valence-electron chi connectivity index (χ1n) is 7.44. The van der Waals surface area contributed by atoms with Crippen molar-refractivity contribution in [2.75, 3.05) is 0 Å². The molecule has 0 aliphatic rings. The first kappa shape index (κ1) is 17.2. The maximum atomic E-state index is 12.1. The van der Waals surface area contributed by atoms with Crippen molar-refractivity contribution in [3.63, 3.8) is 0 Å². The van der Waals surface area contributed by atoms with Crippen LogP contribution in [0.25, 0.3) is 11.3 Å². The first-order valence-corrected chi connectivity index (χ1v) is 8.19. The van der Waals surface area contributed by atoms with Gasteiger partial charge in [-0.1, -0.05) is 59.1 Å². The molecule has 0 saturated heterocycles. The molecule has 0 saturated carbocycles. The molecule has 2 N–H and O–H groups in total. The number of aromatic amines is 1. The maximum absolute atomic E-state index is 12.1. The van der Waals surface area contributed by atoms with Crippen LogP contribution >= 0.6 is 23.2 Å². The molecule has 0 bridgehead atoms. The Morgan fingerprint density at radius 2 is 1.92 bits per heavy atom. The molecule has 0 spiro atoms. The van der Waals surface area contributed by atoms with Crippen molar-refractivity contribution in [2.24, 2.45) is 5.10 Å². The zero-order valence-corrected chi connectivity index (χ0v) is 14.8. The predicted octanol–water partition coefficient (Wildman–Crippen LogP) is 4.46. The number of nitrogens with zero attached hydrogens (tertiary/aromatic N) is 2. The molecular formula is C18H14Cl2N4O. The molecule has 3 rings (SSSR count). The number of amides is 1.